The highest BCUT2D eigenvalue weighted by Crippen LogP contribution is 2.14. The first kappa shape index (κ1) is 8.43. The van der Waals surface area contributed by atoms with E-state index in [1.807, 2.05) is 30.3 Å². The van der Waals surface area contributed by atoms with E-state index in [0.717, 1.165) is 5.56 Å². The van der Waals surface area contributed by atoms with Gasteiger partial charge in [-0.25, -0.2) is 9.62 Å². The van der Waals surface area contributed by atoms with Gasteiger partial charge in [-0.1, -0.05) is 30.3 Å². The van der Waals surface area contributed by atoms with Gasteiger partial charge in [-0.05, 0) is 15.9 Å². The summed E-state index contributed by atoms with van der Waals surface area (Å²) in [7, 11) is 0. The standard InChI is InChI=1S/C9H8N4O/c10-8-9(13-14-12-8)11-6-7-4-2-1-3-5-7/h1-6H,(H2,10,12). The molecular weight excluding hydrogens is 180 g/mol. The molecule has 0 unspecified atom stereocenters. The van der Waals surface area contributed by atoms with Crippen LogP contribution in [0.2, 0.25) is 0 Å². The number of nitrogens with zero attached hydrogens (tertiary/aromatic N) is 3. The highest BCUT2D eigenvalue weighted by atomic mass is 16.6. The number of benzene rings is 1. The smallest absolute Gasteiger partial charge is 0.240 e. The summed E-state index contributed by atoms with van der Waals surface area (Å²) in [4.78, 5) is 4.02. The SMILES string of the molecule is Nc1nonc1N=Cc1ccccc1. The van der Waals surface area contributed by atoms with Gasteiger partial charge in [-0.15, -0.1) is 0 Å². The maximum absolute atomic E-state index is 5.42. The van der Waals surface area contributed by atoms with E-state index in [1.165, 1.54) is 0 Å². The van der Waals surface area contributed by atoms with E-state index in [9.17, 15) is 0 Å². The second kappa shape index (κ2) is 3.69. The van der Waals surface area contributed by atoms with Gasteiger partial charge < -0.3 is 5.73 Å². The van der Waals surface area contributed by atoms with Crippen molar-refractivity contribution in [3.05, 3.63) is 35.9 Å². The van der Waals surface area contributed by atoms with Crippen LogP contribution in [-0.4, -0.2) is 16.5 Å². The van der Waals surface area contributed by atoms with Crippen LogP contribution in [0.4, 0.5) is 11.6 Å². The van der Waals surface area contributed by atoms with Gasteiger partial charge in [-0.3, -0.25) is 0 Å². The highest BCUT2D eigenvalue weighted by molar-refractivity contribution is 5.82. The summed E-state index contributed by atoms with van der Waals surface area (Å²) < 4.78 is 4.39. The molecule has 0 aliphatic rings. The number of nitrogens with two attached hydrogens (primary N) is 1. The Morgan fingerprint density at radius 1 is 1.21 bits per heavy atom. The van der Waals surface area contributed by atoms with Crippen molar-refractivity contribution in [1.29, 1.82) is 0 Å². The lowest BCUT2D eigenvalue weighted by atomic mass is 10.2. The van der Waals surface area contributed by atoms with E-state index in [0.29, 0.717) is 5.82 Å². The number of anilines is 1. The van der Waals surface area contributed by atoms with Crippen molar-refractivity contribution in [2.24, 2.45) is 4.99 Å². The molecule has 0 saturated heterocycles. The predicted octanol–water partition coefficient (Wildman–Crippen LogP) is 1.40. The topological polar surface area (TPSA) is 77.3 Å². The molecule has 0 bridgehead atoms. The third-order valence-corrected chi connectivity index (χ3v) is 1.63. The van der Waals surface area contributed by atoms with Crippen molar-refractivity contribution in [1.82, 2.24) is 10.3 Å². The van der Waals surface area contributed by atoms with Gasteiger partial charge in [0, 0.05) is 6.21 Å². The fourth-order valence-electron chi connectivity index (χ4n) is 0.955. The van der Waals surface area contributed by atoms with E-state index in [-0.39, 0.29) is 5.82 Å². The van der Waals surface area contributed by atoms with Crippen LogP contribution in [-0.2, 0) is 0 Å². The van der Waals surface area contributed by atoms with Crippen molar-refractivity contribution >= 4 is 17.9 Å². The lowest BCUT2D eigenvalue weighted by Crippen LogP contribution is -1.84. The Hall–Kier alpha value is -2.17. The van der Waals surface area contributed by atoms with Gasteiger partial charge in [0.1, 0.15) is 0 Å². The molecule has 5 nitrogen and oxygen atoms in total. The lowest BCUT2D eigenvalue weighted by molar-refractivity contribution is 0.310. The lowest BCUT2D eigenvalue weighted by Gasteiger charge is -1.88. The molecule has 2 N–H and O–H groups in total. The van der Waals surface area contributed by atoms with Crippen LogP contribution in [0.1, 0.15) is 5.56 Å². The Balaban J connectivity index is 2.20. The Morgan fingerprint density at radius 3 is 2.64 bits per heavy atom. The zero-order chi connectivity index (χ0) is 9.80. The van der Waals surface area contributed by atoms with Crippen molar-refractivity contribution < 1.29 is 4.63 Å². The van der Waals surface area contributed by atoms with E-state index < -0.39 is 0 Å². The van der Waals surface area contributed by atoms with Crippen LogP contribution in [0.5, 0.6) is 0 Å². The summed E-state index contributed by atoms with van der Waals surface area (Å²) >= 11 is 0. The van der Waals surface area contributed by atoms with Crippen LogP contribution in [0.3, 0.4) is 0 Å². The van der Waals surface area contributed by atoms with Gasteiger partial charge in [0.05, 0.1) is 0 Å². The second-order valence-electron chi connectivity index (χ2n) is 2.64. The van der Waals surface area contributed by atoms with Crippen LogP contribution in [0, 0.1) is 0 Å². The molecule has 0 atom stereocenters. The van der Waals surface area contributed by atoms with Gasteiger partial charge in [-0.2, -0.15) is 0 Å². The Kier molecular flexibility index (Phi) is 2.22. The third-order valence-electron chi connectivity index (χ3n) is 1.63. The summed E-state index contributed by atoms with van der Waals surface area (Å²) in [5, 5.41) is 6.93. The number of aromatic nitrogens is 2. The van der Waals surface area contributed by atoms with Crippen molar-refractivity contribution in [3.63, 3.8) is 0 Å². The van der Waals surface area contributed by atoms with Gasteiger partial charge in [0.15, 0.2) is 0 Å². The molecule has 0 aliphatic carbocycles. The first-order valence-electron chi connectivity index (χ1n) is 4.03. The fraction of sp³-hybridized carbons (Fsp3) is 0. The maximum Gasteiger partial charge on any atom is 0.240 e. The molecule has 0 aliphatic heterocycles. The molecule has 0 saturated carbocycles. The van der Waals surface area contributed by atoms with Crippen LogP contribution in [0.15, 0.2) is 40.0 Å². The average molecular weight is 188 g/mol. The number of aliphatic imine (C=N–C) groups is 1. The molecule has 0 amide bonds. The summed E-state index contributed by atoms with van der Waals surface area (Å²) in [6.45, 7) is 0. The minimum absolute atomic E-state index is 0.192. The monoisotopic (exact) mass is 188 g/mol. The zero-order valence-corrected chi connectivity index (χ0v) is 7.29. The van der Waals surface area contributed by atoms with Gasteiger partial charge in [0.2, 0.25) is 11.6 Å². The predicted molar refractivity (Wildman–Crippen MR) is 52.4 cm³/mol. The number of hydrogen-bond donors (Lipinski definition) is 1. The third kappa shape index (κ3) is 1.77. The number of rotatable bonds is 2. The van der Waals surface area contributed by atoms with Crippen LogP contribution >= 0.6 is 0 Å². The molecule has 1 aromatic carbocycles. The normalized spacial score (nSPS) is 10.9. The molecule has 2 aromatic rings. The Morgan fingerprint density at radius 2 is 2.00 bits per heavy atom. The quantitative estimate of drug-likeness (QED) is 0.722. The van der Waals surface area contributed by atoms with Crippen molar-refractivity contribution in [2.45, 2.75) is 0 Å². The molecule has 1 heterocycles. The molecular formula is C9H8N4O. The number of hydrogen-bond acceptors (Lipinski definition) is 5. The van der Waals surface area contributed by atoms with E-state index in [1.54, 1.807) is 6.21 Å². The second-order valence-corrected chi connectivity index (χ2v) is 2.64. The first-order chi connectivity index (χ1) is 6.86. The van der Waals surface area contributed by atoms with Gasteiger partial charge in [0.25, 0.3) is 0 Å². The molecule has 70 valence electrons. The molecule has 1 aromatic heterocycles. The van der Waals surface area contributed by atoms with Crippen molar-refractivity contribution in [2.75, 3.05) is 5.73 Å². The molecule has 2 rings (SSSR count). The first-order valence-corrected chi connectivity index (χ1v) is 4.03. The molecule has 14 heavy (non-hydrogen) atoms. The Labute approximate surface area is 80.2 Å². The Bertz CT molecular complexity index is 435. The molecule has 5 heteroatoms. The van der Waals surface area contributed by atoms with Gasteiger partial charge >= 0.3 is 0 Å². The minimum atomic E-state index is 0.192. The minimum Gasteiger partial charge on any atom is -0.378 e. The largest absolute Gasteiger partial charge is 0.378 e. The van der Waals surface area contributed by atoms with E-state index in [2.05, 4.69) is 19.9 Å². The van der Waals surface area contributed by atoms with Crippen molar-refractivity contribution in [3.8, 4) is 0 Å². The van der Waals surface area contributed by atoms with E-state index >= 15 is 0 Å². The molecule has 0 spiro atoms. The zero-order valence-electron chi connectivity index (χ0n) is 7.29. The average Bonchev–Trinajstić information content (AvgIpc) is 2.63. The molecule has 0 fully saturated rings. The van der Waals surface area contributed by atoms with E-state index in [4.69, 9.17) is 5.73 Å². The van der Waals surface area contributed by atoms with Crippen LogP contribution in [0.25, 0.3) is 0 Å². The summed E-state index contributed by atoms with van der Waals surface area (Å²) in [5.41, 5.74) is 6.39. The maximum atomic E-state index is 5.42. The molecule has 0 radical (unpaired) electrons. The summed E-state index contributed by atoms with van der Waals surface area (Å²) in [5.74, 6) is 0.492. The summed E-state index contributed by atoms with van der Waals surface area (Å²) in [6.07, 6.45) is 1.65. The number of nitrogen functional groups attached to an aromatic ring is 1. The van der Waals surface area contributed by atoms with Crippen LogP contribution < -0.4 is 5.73 Å². The fourth-order valence-corrected chi connectivity index (χ4v) is 0.955. The highest BCUT2D eigenvalue weighted by Gasteiger charge is 2.01. The summed E-state index contributed by atoms with van der Waals surface area (Å²) in [6, 6.07) is 9.63.